The summed E-state index contributed by atoms with van der Waals surface area (Å²) in [6.07, 6.45) is 0.267. The third-order valence-electron chi connectivity index (χ3n) is 6.92. The summed E-state index contributed by atoms with van der Waals surface area (Å²) >= 11 is 8.12. The highest BCUT2D eigenvalue weighted by atomic mass is 32.1. The molecule has 17 heteroatoms. The number of nitrogens with two attached hydrogens (primary N) is 2. The molecule has 15 nitrogen and oxygen atoms in total. The van der Waals surface area contributed by atoms with Crippen LogP contribution in [0.25, 0.3) is 0 Å². The molecule has 6 amide bonds. The van der Waals surface area contributed by atoms with E-state index in [2.05, 4.69) is 46.5 Å². The zero-order valence-electron chi connectivity index (χ0n) is 25.2. The number of non-ortho nitro benzene ring substituents is 1. The number of hydrogen-bond acceptors (Lipinski definition) is 10. The summed E-state index contributed by atoms with van der Waals surface area (Å²) in [5.74, 6) is -4.26. The first-order valence-corrected chi connectivity index (χ1v) is 15.2. The molecule has 0 unspecified atom stereocenters. The molecule has 0 spiro atoms. The maximum absolute atomic E-state index is 13.0. The quantitative estimate of drug-likeness (QED) is 0.0610. The summed E-state index contributed by atoms with van der Waals surface area (Å²) < 4.78 is 0. The van der Waals surface area contributed by atoms with Gasteiger partial charge in [0.1, 0.15) is 18.1 Å². The third-order valence-corrected chi connectivity index (χ3v) is 7.65. The smallest absolute Gasteiger partial charge is 0.269 e. The molecule has 0 bridgehead atoms. The van der Waals surface area contributed by atoms with Gasteiger partial charge >= 0.3 is 0 Å². The largest absolute Gasteiger partial charge is 0.368 e. The van der Waals surface area contributed by atoms with Crippen LogP contribution in [0.4, 0.5) is 5.69 Å². The van der Waals surface area contributed by atoms with Gasteiger partial charge in [-0.1, -0.05) is 12.1 Å². The van der Waals surface area contributed by atoms with E-state index in [1.165, 1.54) is 24.3 Å². The number of aryl methyl sites for hydroxylation is 2. The fourth-order valence-electron chi connectivity index (χ4n) is 4.44. The lowest BCUT2D eigenvalue weighted by atomic mass is 9.95. The van der Waals surface area contributed by atoms with Crippen LogP contribution in [0.3, 0.4) is 0 Å². The number of nitrogens with zero attached hydrogens (tertiary/aromatic N) is 1. The van der Waals surface area contributed by atoms with Gasteiger partial charge in [-0.15, -0.1) is 0 Å². The van der Waals surface area contributed by atoms with Crippen molar-refractivity contribution in [3.8, 4) is 0 Å². The van der Waals surface area contributed by atoms with Gasteiger partial charge < -0.3 is 32.7 Å². The standard InChI is InChI=1S/C29H37N7O8S2/c1-15-9-18(26(30)39)10-16(2)20(15)7-8-24(37)34-23(14-46)28(41)32-12-25(38)33-21(29(42)35-22(13-45)27(31)40)11-17-3-5-19(6-4-17)36(43)44/h3-6,9-10,21-23,45-46H,7-8,11-14H2,1-2H3,(H2,30,39)(H2,31,40)(H,32,41)(H,33,38)(H,34,37)(H,35,42)/t21-,22+,23+/m0/s1. The zero-order valence-corrected chi connectivity index (χ0v) is 27.0. The van der Waals surface area contributed by atoms with Crippen molar-refractivity contribution in [2.24, 2.45) is 11.5 Å². The molecule has 0 fully saturated rings. The minimum Gasteiger partial charge on any atom is -0.368 e. The maximum Gasteiger partial charge on any atom is 0.269 e. The first-order chi connectivity index (χ1) is 21.7. The highest BCUT2D eigenvalue weighted by Gasteiger charge is 2.27. The zero-order chi connectivity index (χ0) is 34.6. The first kappa shape index (κ1) is 37.5. The van der Waals surface area contributed by atoms with Crippen LogP contribution in [0, 0.1) is 24.0 Å². The van der Waals surface area contributed by atoms with Crippen LogP contribution in [-0.2, 0) is 36.8 Å². The number of amides is 6. The Bertz CT molecular complexity index is 1460. The molecule has 2 aromatic rings. The molecule has 2 rings (SSSR count). The van der Waals surface area contributed by atoms with E-state index in [4.69, 9.17) is 11.5 Å². The van der Waals surface area contributed by atoms with Crippen LogP contribution in [0.15, 0.2) is 36.4 Å². The molecule has 8 N–H and O–H groups in total. The topological polar surface area (TPSA) is 246 Å². The molecule has 0 radical (unpaired) electrons. The van der Waals surface area contributed by atoms with Crippen LogP contribution < -0.4 is 32.7 Å². The van der Waals surface area contributed by atoms with Crippen LogP contribution in [-0.4, -0.2) is 76.5 Å². The van der Waals surface area contributed by atoms with Crippen LogP contribution in [0.1, 0.15) is 39.0 Å². The van der Waals surface area contributed by atoms with E-state index in [-0.39, 0.29) is 30.0 Å². The Morgan fingerprint density at radius 1 is 0.826 bits per heavy atom. The summed E-state index contributed by atoms with van der Waals surface area (Å²) in [4.78, 5) is 84.6. The lowest BCUT2D eigenvalue weighted by Crippen LogP contribution is -2.56. The van der Waals surface area contributed by atoms with Crippen molar-refractivity contribution in [2.75, 3.05) is 18.1 Å². The molecule has 0 saturated heterocycles. The molecule has 0 heterocycles. The maximum atomic E-state index is 13.0. The lowest BCUT2D eigenvalue weighted by Gasteiger charge is -2.22. The molecule has 3 atom stereocenters. The molecule has 0 aromatic heterocycles. The summed E-state index contributed by atoms with van der Waals surface area (Å²) in [5.41, 5.74) is 13.7. The lowest BCUT2D eigenvalue weighted by molar-refractivity contribution is -0.384. The summed E-state index contributed by atoms with van der Waals surface area (Å²) in [7, 11) is 0. The second-order valence-corrected chi connectivity index (χ2v) is 11.1. The SMILES string of the molecule is Cc1cc(C(N)=O)cc(C)c1CCC(=O)N[C@H](CS)C(=O)NCC(=O)N[C@@H](Cc1ccc([N+](=O)[O-])cc1)C(=O)N[C@H](CS)C(N)=O. The molecular formula is C29H37N7O8S2. The first-order valence-electron chi connectivity index (χ1n) is 14.0. The number of nitro groups is 1. The van der Waals surface area contributed by atoms with Crippen LogP contribution in [0.2, 0.25) is 0 Å². The number of carbonyl (C=O) groups is 6. The van der Waals surface area contributed by atoms with Crippen molar-refractivity contribution in [1.82, 2.24) is 21.3 Å². The fourth-order valence-corrected chi connectivity index (χ4v) is 4.97. The minimum absolute atomic E-state index is 0.0354. The Morgan fingerprint density at radius 2 is 1.39 bits per heavy atom. The monoisotopic (exact) mass is 675 g/mol. The van der Waals surface area contributed by atoms with Crippen molar-refractivity contribution < 1.29 is 33.7 Å². The van der Waals surface area contributed by atoms with Gasteiger partial charge in [0.2, 0.25) is 35.4 Å². The van der Waals surface area contributed by atoms with Crippen LogP contribution in [0.5, 0.6) is 0 Å². The number of nitro benzene ring substituents is 1. The average molecular weight is 676 g/mol. The summed E-state index contributed by atoms with van der Waals surface area (Å²) in [6, 6.07) is 5.13. The number of benzene rings is 2. The molecule has 2 aromatic carbocycles. The van der Waals surface area contributed by atoms with E-state index in [0.29, 0.717) is 17.5 Å². The van der Waals surface area contributed by atoms with Gasteiger partial charge in [0.15, 0.2) is 0 Å². The predicted octanol–water partition coefficient (Wildman–Crippen LogP) is -0.599. The van der Waals surface area contributed by atoms with Crippen molar-refractivity contribution in [3.05, 3.63) is 74.3 Å². The minimum atomic E-state index is -1.25. The number of hydrogen-bond donors (Lipinski definition) is 8. The average Bonchev–Trinajstić information content (AvgIpc) is 3.00. The molecule has 0 aliphatic heterocycles. The van der Waals surface area contributed by atoms with E-state index >= 15 is 0 Å². The van der Waals surface area contributed by atoms with E-state index < -0.39 is 65.0 Å². The Kier molecular flexibility index (Phi) is 14.5. The summed E-state index contributed by atoms with van der Waals surface area (Å²) in [5, 5.41) is 20.8. The molecule has 0 saturated carbocycles. The highest BCUT2D eigenvalue weighted by molar-refractivity contribution is 7.80. The molecule has 0 aliphatic rings. The van der Waals surface area contributed by atoms with Crippen molar-refractivity contribution in [3.63, 3.8) is 0 Å². The Morgan fingerprint density at radius 3 is 1.89 bits per heavy atom. The second-order valence-electron chi connectivity index (χ2n) is 10.4. The number of thiol groups is 2. The van der Waals surface area contributed by atoms with Crippen molar-refractivity contribution >= 4 is 66.4 Å². The number of nitrogens with one attached hydrogen (secondary N) is 4. The Hall–Kier alpha value is -4.64. The molecule has 46 heavy (non-hydrogen) atoms. The van der Waals surface area contributed by atoms with Gasteiger partial charge in [0, 0.05) is 42.0 Å². The normalized spacial score (nSPS) is 12.6. The predicted molar refractivity (Wildman–Crippen MR) is 175 cm³/mol. The van der Waals surface area contributed by atoms with Crippen molar-refractivity contribution in [2.45, 2.75) is 51.2 Å². The summed E-state index contributed by atoms with van der Waals surface area (Å²) in [6.45, 7) is 3.04. The van der Waals surface area contributed by atoms with Crippen molar-refractivity contribution in [1.29, 1.82) is 0 Å². The molecule has 248 valence electrons. The molecular weight excluding hydrogens is 638 g/mol. The van der Waals surface area contributed by atoms with Gasteiger partial charge in [0.05, 0.1) is 11.5 Å². The Labute approximate surface area is 276 Å². The fraction of sp³-hybridized carbons (Fsp3) is 0.379. The Balaban J connectivity index is 2.01. The number of rotatable bonds is 17. The van der Waals surface area contributed by atoms with Gasteiger partial charge in [0.25, 0.3) is 5.69 Å². The highest BCUT2D eigenvalue weighted by Crippen LogP contribution is 2.18. The van der Waals surface area contributed by atoms with Gasteiger partial charge in [-0.05, 0) is 54.7 Å². The van der Waals surface area contributed by atoms with E-state index in [1.54, 1.807) is 26.0 Å². The van der Waals surface area contributed by atoms with Gasteiger partial charge in [-0.2, -0.15) is 25.3 Å². The van der Waals surface area contributed by atoms with E-state index in [1.807, 2.05) is 0 Å². The van der Waals surface area contributed by atoms with Gasteiger partial charge in [-0.25, -0.2) is 0 Å². The molecule has 0 aliphatic carbocycles. The number of carbonyl (C=O) groups excluding carboxylic acids is 6. The number of primary amides is 2. The van der Waals surface area contributed by atoms with E-state index in [9.17, 15) is 38.9 Å². The third kappa shape index (κ3) is 11.4. The second kappa shape index (κ2) is 17.7. The van der Waals surface area contributed by atoms with Crippen LogP contribution >= 0.6 is 25.3 Å². The van der Waals surface area contributed by atoms with E-state index in [0.717, 1.165) is 16.7 Å². The van der Waals surface area contributed by atoms with Gasteiger partial charge in [-0.3, -0.25) is 38.9 Å².